The quantitative estimate of drug-likeness (QED) is 0.560. The Morgan fingerprint density at radius 2 is 1.74 bits per heavy atom. The molecule has 0 saturated heterocycles. The van der Waals surface area contributed by atoms with Crippen molar-refractivity contribution in [1.82, 2.24) is 14.9 Å². The Bertz CT molecular complexity index is 881. The summed E-state index contributed by atoms with van der Waals surface area (Å²) in [5.74, 6) is 0.296. The average Bonchev–Trinajstić information content (AvgIpc) is 2.65. The zero-order valence-corrected chi connectivity index (χ0v) is 16.6. The van der Waals surface area contributed by atoms with Gasteiger partial charge in [-0.15, -0.1) is 0 Å². The zero-order chi connectivity index (χ0) is 19.9. The Balaban J connectivity index is 2.05. The van der Waals surface area contributed by atoms with Gasteiger partial charge < -0.3 is 10.6 Å². The molecule has 2 aromatic rings. The van der Waals surface area contributed by atoms with E-state index in [9.17, 15) is 12.8 Å². The minimum absolute atomic E-state index is 0.241. The first-order valence-electron chi connectivity index (χ1n) is 8.61. The summed E-state index contributed by atoms with van der Waals surface area (Å²) in [4.78, 5) is 4.71. The summed E-state index contributed by atoms with van der Waals surface area (Å²) >= 11 is 0. The van der Waals surface area contributed by atoms with Crippen LogP contribution < -0.4 is 10.6 Å². The van der Waals surface area contributed by atoms with Gasteiger partial charge in [0.2, 0.25) is 10.0 Å². The molecule has 0 atom stereocenters. The average molecular weight is 393 g/mol. The van der Waals surface area contributed by atoms with Crippen molar-refractivity contribution in [3.63, 3.8) is 0 Å². The number of aliphatic imine (C=N–C) groups is 1. The molecule has 0 amide bonds. The molecule has 146 valence electrons. The third kappa shape index (κ3) is 5.77. The van der Waals surface area contributed by atoms with E-state index < -0.39 is 10.0 Å². The van der Waals surface area contributed by atoms with E-state index >= 15 is 0 Å². The fourth-order valence-electron chi connectivity index (χ4n) is 2.31. The van der Waals surface area contributed by atoms with Crippen LogP contribution in [0.15, 0.2) is 58.4 Å². The molecule has 0 aliphatic carbocycles. The number of rotatable bonds is 7. The van der Waals surface area contributed by atoms with Gasteiger partial charge in [0.25, 0.3) is 0 Å². The highest BCUT2D eigenvalue weighted by atomic mass is 32.2. The topological polar surface area (TPSA) is 73.8 Å². The van der Waals surface area contributed by atoms with Crippen LogP contribution in [-0.2, 0) is 23.1 Å². The van der Waals surface area contributed by atoms with E-state index in [0.717, 1.165) is 5.56 Å². The van der Waals surface area contributed by atoms with Crippen molar-refractivity contribution in [1.29, 1.82) is 0 Å². The van der Waals surface area contributed by atoms with Crippen molar-refractivity contribution in [2.24, 2.45) is 4.99 Å². The van der Waals surface area contributed by atoms with Gasteiger partial charge in [0.05, 0.1) is 11.4 Å². The van der Waals surface area contributed by atoms with Gasteiger partial charge in [-0.05, 0) is 30.7 Å². The molecule has 0 fully saturated rings. The van der Waals surface area contributed by atoms with Crippen molar-refractivity contribution >= 4 is 16.0 Å². The summed E-state index contributed by atoms with van der Waals surface area (Å²) < 4.78 is 39.1. The van der Waals surface area contributed by atoms with Crippen LogP contribution in [-0.4, -0.2) is 39.3 Å². The molecule has 8 heteroatoms. The van der Waals surface area contributed by atoms with Crippen molar-refractivity contribution in [3.05, 3.63) is 65.5 Å². The predicted molar refractivity (Wildman–Crippen MR) is 105 cm³/mol. The third-order valence-corrected chi connectivity index (χ3v) is 5.70. The van der Waals surface area contributed by atoms with Gasteiger partial charge >= 0.3 is 0 Å². The number of sulfonamides is 1. The molecule has 0 bridgehead atoms. The number of hydrogen-bond acceptors (Lipinski definition) is 3. The Morgan fingerprint density at radius 1 is 1.07 bits per heavy atom. The molecular formula is C19H25FN4O2S. The number of nitrogens with zero attached hydrogens (tertiary/aromatic N) is 2. The van der Waals surface area contributed by atoms with Crippen molar-refractivity contribution in [2.75, 3.05) is 20.6 Å². The second-order valence-corrected chi connectivity index (χ2v) is 8.22. The standard InChI is InChI=1S/C19H25FN4O2S/c1-4-21-19(23-14-16-7-5-6-8-18(16)20)22-13-15-9-11-17(12-10-15)27(25,26)24(2)3/h5-12H,4,13-14H2,1-3H3,(H2,21,22,23). The van der Waals surface area contributed by atoms with E-state index in [1.54, 1.807) is 42.5 Å². The van der Waals surface area contributed by atoms with Crippen molar-refractivity contribution in [2.45, 2.75) is 24.9 Å². The number of guanidine groups is 1. The lowest BCUT2D eigenvalue weighted by molar-refractivity contribution is 0.520. The maximum absolute atomic E-state index is 13.7. The van der Waals surface area contributed by atoms with Gasteiger partial charge in [-0.25, -0.2) is 22.1 Å². The molecule has 2 aromatic carbocycles. The Morgan fingerprint density at radius 3 is 2.33 bits per heavy atom. The van der Waals surface area contributed by atoms with Gasteiger partial charge in [0.15, 0.2) is 5.96 Å². The summed E-state index contributed by atoms with van der Waals surface area (Å²) in [6.45, 7) is 3.30. The summed E-state index contributed by atoms with van der Waals surface area (Å²) in [6.07, 6.45) is 0. The van der Waals surface area contributed by atoms with Crippen molar-refractivity contribution < 1.29 is 12.8 Å². The largest absolute Gasteiger partial charge is 0.357 e. The highest BCUT2D eigenvalue weighted by Crippen LogP contribution is 2.14. The fourth-order valence-corrected chi connectivity index (χ4v) is 3.21. The molecule has 0 radical (unpaired) electrons. The lowest BCUT2D eigenvalue weighted by Gasteiger charge is -2.13. The molecule has 2 N–H and O–H groups in total. The molecule has 0 aliphatic rings. The molecule has 0 aromatic heterocycles. The number of halogens is 1. The normalized spacial score (nSPS) is 12.3. The monoisotopic (exact) mass is 392 g/mol. The molecular weight excluding hydrogens is 367 g/mol. The third-order valence-electron chi connectivity index (χ3n) is 3.87. The van der Waals surface area contributed by atoms with Gasteiger partial charge in [-0.1, -0.05) is 30.3 Å². The van der Waals surface area contributed by atoms with Gasteiger partial charge in [-0.3, -0.25) is 0 Å². The first kappa shape index (κ1) is 20.9. The van der Waals surface area contributed by atoms with Crippen LogP contribution in [0.4, 0.5) is 4.39 Å². The van der Waals surface area contributed by atoms with E-state index in [1.807, 2.05) is 6.92 Å². The predicted octanol–water partition coefficient (Wildman–Crippen LogP) is 2.33. The number of benzene rings is 2. The first-order chi connectivity index (χ1) is 12.8. The minimum atomic E-state index is -3.44. The first-order valence-corrected chi connectivity index (χ1v) is 10.1. The molecule has 0 saturated carbocycles. The second-order valence-electron chi connectivity index (χ2n) is 6.07. The molecule has 0 heterocycles. The van der Waals surface area contributed by atoms with Crippen LogP contribution in [0.5, 0.6) is 0 Å². The van der Waals surface area contributed by atoms with Crippen LogP contribution in [0.1, 0.15) is 18.1 Å². The summed E-state index contributed by atoms with van der Waals surface area (Å²) in [5, 5.41) is 6.20. The Hall–Kier alpha value is -2.45. The van der Waals surface area contributed by atoms with Crippen LogP contribution >= 0.6 is 0 Å². The lowest BCUT2D eigenvalue weighted by Crippen LogP contribution is -2.37. The zero-order valence-electron chi connectivity index (χ0n) is 15.7. The van der Waals surface area contributed by atoms with E-state index in [1.165, 1.54) is 24.5 Å². The second kappa shape index (κ2) is 9.48. The lowest BCUT2D eigenvalue weighted by atomic mass is 10.2. The molecule has 0 spiro atoms. The van der Waals surface area contributed by atoms with Crippen LogP contribution in [0.3, 0.4) is 0 Å². The number of nitrogens with one attached hydrogen (secondary N) is 2. The maximum Gasteiger partial charge on any atom is 0.242 e. The van der Waals surface area contributed by atoms with Gasteiger partial charge in [0, 0.05) is 32.7 Å². The van der Waals surface area contributed by atoms with E-state index in [0.29, 0.717) is 31.2 Å². The summed E-state index contributed by atoms with van der Waals surface area (Å²) in [6, 6.07) is 13.2. The molecule has 6 nitrogen and oxygen atoms in total. The molecule has 2 rings (SSSR count). The van der Waals surface area contributed by atoms with Crippen molar-refractivity contribution in [3.8, 4) is 0 Å². The SMILES string of the molecule is CCNC(=NCc1ccc(S(=O)(=O)N(C)C)cc1)NCc1ccccc1F. The van der Waals surface area contributed by atoms with Gasteiger partial charge in [0.1, 0.15) is 5.82 Å². The maximum atomic E-state index is 13.7. The Labute approximate surface area is 160 Å². The fraction of sp³-hybridized carbons (Fsp3) is 0.316. The molecule has 0 aliphatic heterocycles. The smallest absolute Gasteiger partial charge is 0.242 e. The summed E-state index contributed by atoms with van der Waals surface area (Å²) in [5.41, 5.74) is 1.43. The van der Waals surface area contributed by atoms with E-state index in [-0.39, 0.29) is 10.7 Å². The van der Waals surface area contributed by atoms with E-state index in [4.69, 9.17) is 0 Å². The van der Waals surface area contributed by atoms with Crippen LogP contribution in [0.2, 0.25) is 0 Å². The summed E-state index contributed by atoms with van der Waals surface area (Å²) in [7, 11) is -0.445. The molecule has 27 heavy (non-hydrogen) atoms. The highest BCUT2D eigenvalue weighted by Gasteiger charge is 2.16. The molecule has 0 unspecified atom stereocenters. The minimum Gasteiger partial charge on any atom is -0.357 e. The van der Waals surface area contributed by atoms with Crippen LogP contribution in [0.25, 0.3) is 0 Å². The van der Waals surface area contributed by atoms with Gasteiger partial charge in [-0.2, -0.15) is 0 Å². The number of hydrogen-bond donors (Lipinski definition) is 2. The van der Waals surface area contributed by atoms with Crippen LogP contribution in [0, 0.1) is 5.82 Å². The Kier molecular flexibility index (Phi) is 7.32. The van der Waals surface area contributed by atoms with E-state index in [2.05, 4.69) is 15.6 Å². The highest BCUT2D eigenvalue weighted by molar-refractivity contribution is 7.89.